The third-order valence-corrected chi connectivity index (χ3v) is 2.39. The monoisotopic (exact) mass is 276 g/mol. The van der Waals surface area contributed by atoms with Crippen molar-refractivity contribution in [1.29, 1.82) is 0 Å². The van der Waals surface area contributed by atoms with E-state index < -0.39 is 0 Å². The summed E-state index contributed by atoms with van der Waals surface area (Å²) in [6.07, 6.45) is 0.876. The number of ether oxygens (including phenoxy) is 2. The number of nitrogens with two attached hydrogens (primary N) is 1. The van der Waals surface area contributed by atoms with Gasteiger partial charge in [0, 0.05) is 12.2 Å². The van der Waals surface area contributed by atoms with Crippen LogP contribution in [0.4, 0.5) is 5.69 Å². The van der Waals surface area contributed by atoms with Crippen molar-refractivity contribution in [3.63, 3.8) is 0 Å². The maximum atomic E-state index is 11.7. The van der Waals surface area contributed by atoms with E-state index in [4.69, 9.17) is 15.2 Å². The summed E-state index contributed by atoms with van der Waals surface area (Å²) in [7, 11) is 1.55. The molecule has 0 fully saturated rings. The molecule has 0 unspecified atom stereocenters. The van der Waals surface area contributed by atoms with Gasteiger partial charge in [-0.05, 0) is 24.6 Å². The van der Waals surface area contributed by atoms with Crippen molar-refractivity contribution >= 4 is 11.6 Å². The number of benzene rings is 1. The average Bonchev–Trinajstić information content (AvgIpc) is 2.45. The van der Waals surface area contributed by atoms with Crippen molar-refractivity contribution < 1.29 is 14.3 Å². The summed E-state index contributed by atoms with van der Waals surface area (Å²) < 4.78 is 10.4. The van der Waals surface area contributed by atoms with Gasteiger partial charge in [-0.25, -0.2) is 0 Å². The number of hydrogen-bond acceptors (Lipinski definition) is 4. The first-order chi connectivity index (χ1) is 9.71. The Labute approximate surface area is 119 Å². The fraction of sp³-hybridized carbons (Fsp3) is 0.400. The standard InChI is InChI=1S/C15H20N2O3/c1-3-9-20-11-15(18)17-13-10-12(5-4-8-16)6-7-14(13)19-2/h6-7,10H,3,8-9,11,16H2,1-2H3,(H,17,18). The van der Waals surface area contributed by atoms with E-state index in [1.54, 1.807) is 19.2 Å². The van der Waals surface area contributed by atoms with Crippen LogP contribution in [-0.4, -0.2) is 32.8 Å². The molecule has 0 atom stereocenters. The van der Waals surface area contributed by atoms with Gasteiger partial charge in [-0.2, -0.15) is 0 Å². The molecular formula is C15H20N2O3. The highest BCUT2D eigenvalue weighted by atomic mass is 16.5. The summed E-state index contributed by atoms with van der Waals surface area (Å²) in [6.45, 7) is 2.86. The van der Waals surface area contributed by atoms with E-state index in [0.717, 1.165) is 12.0 Å². The van der Waals surface area contributed by atoms with Gasteiger partial charge >= 0.3 is 0 Å². The van der Waals surface area contributed by atoms with E-state index in [-0.39, 0.29) is 12.5 Å². The number of carbonyl (C=O) groups excluding carboxylic acids is 1. The van der Waals surface area contributed by atoms with E-state index in [1.807, 2.05) is 13.0 Å². The van der Waals surface area contributed by atoms with Gasteiger partial charge < -0.3 is 20.5 Å². The summed E-state index contributed by atoms with van der Waals surface area (Å²) in [4.78, 5) is 11.7. The summed E-state index contributed by atoms with van der Waals surface area (Å²) in [5.41, 5.74) is 6.67. The summed E-state index contributed by atoms with van der Waals surface area (Å²) >= 11 is 0. The number of anilines is 1. The quantitative estimate of drug-likeness (QED) is 0.608. The molecule has 5 heteroatoms. The number of hydrogen-bond donors (Lipinski definition) is 2. The van der Waals surface area contributed by atoms with Crippen molar-refractivity contribution in [2.45, 2.75) is 13.3 Å². The van der Waals surface area contributed by atoms with E-state index >= 15 is 0 Å². The molecule has 1 aromatic rings. The Kier molecular flexibility index (Phi) is 7.18. The molecular weight excluding hydrogens is 256 g/mol. The zero-order valence-corrected chi connectivity index (χ0v) is 11.9. The largest absolute Gasteiger partial charge is 0.495 e. The molecule has 0 radical (unpaired) electrons. The third-order valence-electron chi connectivity index (χ3n) is 2.39. The second-order valence-corrected chi connectivity index (χ2v) is 4.02. The summed E-state index contributed by atoms with van der Waals surface area (Å²) in [5, 5.41) is 2.75. The lowest BCUT2D eigenvalue weighted by Crippen LogP contribution is -2.19. The molecule has 0 aromatic heterocycles. The second-order valence-electron chi connectivity index (χ2n) is 4.02. The van der Waals surface area contributed by atoms with Crippen LogP contribution >= 0.6 is 0 Å². The highest BCUT2D eigenvalue weighted by Gasteiger charge is 2.08. The van der Waals surface area contributed by atoms with E-state index in [1.165, 1.54) is 0 Å². The molecule has 0 saturated carbocycles. The SMILES string of the molecule is CCCOCC(=O)Nc1cc(C#CCN)ccc1OC. The van der Waals surface area contributed by atoms with Crippen molar-refractivity contribution in [3.8, 4) is 17.6 Å². The molecule has 5 nitrogen and oxygen atoms in total. The fourth-order valence-electron chi connectivity index (χ4n) is 1.53. The molecule has 0 aliphatic rings. The van der Waals surface area contributed by atoms with Crippen LogP contribution in [-0.2, 0) is 9.53 Å². The maximum absolute atomic E-state index is 11.7. The smallest absolute Gasteiger partial charge is 0.250 e. The highest BCUT2D eigenvalue weighted by molar-refractivity contribution is 5.93. The zero-order valence-electron chi connectivity index (χ0n) is 11.9. The van der Waals surface area contributed by atoms with Gasteiger partial charge in [0.1, 0.15) is 12.4 Å². The minimum atomic E-state index is -0.222. The fourth-order valence-corrected chi connectivity index (χ4v) is 1.53. The second kappa shape index (κ2) is 8.97. The Morgan fingerprint density at radius 3 is 2.90 bits per heavy atom. The molecule has 0 heterocycles. The Morgan fingerprint density at radius 1 is 1.45 bits per heavy atom. The van der Waals surface area contributed by atoms with Crippen molar-refractivity contribution in [3.05, 3.63) is 23.8 Å². The normalized spacial score (nSPS) is 9.55. The Balaban J connectivity index is 2.77. The van der Waals surface area contributed by atoms with Crippen LogP contribution in [0.2, 0.25) is 0 Å². The van der Waals surface area contributed by atoms with Crippen LogP contribution in [0, 0.1) is 11.8 Å². The predicted molar refractivity (Wildman–Crippen MR) is 78.7 cm³/mol. The van der Waals surface area contributed by atoms with Gasteiger partial charge in [-0.15, -0.1) is 0 Å². The molecule has 1 aromatic carbocycles. The highest BCUT2D eigenvalue weighted by Crippen LogP contribution is 2.25. The minimum Gasteiger partial charge on any atom is -0.495 e. The van der Waals surface area contributed by atoms with Gasteiger partial charge in [0.15, 0.2) is 0 Å². The van der Waals surface area contributed by atoms with Crippen LogP contribution < -0.4 is 15.8 Å². The van der Waals surface area contributed by atoms with Gasteiger partial charge in [-0.3, -0.25) is 4.79 Å². The molecule has 0 bridgehead atoms. The lowest BCUT2D eigenvalue weighted by Gasteiger charge is -2.10. The Bertz CT molecular complexity index is 504. The zero-order chi connectivity index (χ0) is 14.8. The first-order valence-electron chi connectivity index (χ1n) is 6.45. The van der Waals surface area contributed by atoms with Gasteiger partial charge in [-0.1, -0.05) is 18.8 Å². The number of rotatable bonds is 6. The molecule has 0 spiro atoms. The first-order valence-corrected chi connectivity index (χ1v) is 6.45. The van der Waals surface area contributed by atoms with Crippen LogP contribution in [0.5, 0.6) is 5.75 Å². The van der Waals surface area contributed by atoms with Crippen molar-refractivity contribution in [2.24, 2.45) is 5.73 Å². The molecule has 3 N–H and O–H groups in total. The maximum Gasteiger partial charge on any atom is 0.250 e. The number of amides is 1. The molecule has 0 saturated heterocycles. The van der Waals surface area contributed by atoms with Crippen LogP contribution in [0.3, 0.4) is 0 Å². The molecule has 0 aliphatic heterocycles. The Hall–Kier alpha value is -2.03. The first kappa shape index (κ1) is 16.0. The summed E-state index contributed by atoms with van der Waals surface area (Å²) in [6, 6.07) is 5.31. The van der Waals surface area contributed by atoms with Crippen LogP contribution in [0.1, 0.15) is 18.9 Å². The number of carbonyl (C=O) groups is 1. The van der Waals surface area contributed by atoms with Gasteiger partial charge in [0.05, 0.1) is 19.3 Å². The lowest BCUT2D eigenvalue weighted by atomic mass is 10.2. The molecule has 108 valence electrons. The average molecular weight is 276 g/mol. The Morgan fingerprint density at radius 2 is 2.25 bits per heavy atom. The number of methoxy groups -OCH3 is 1. The van der Waals surface area contributed by atoms with E-state index in [0.29, 0.717) is 24.6 Å². The van der Waals surface area contributed by atoms with E-state index in [9.17, 15) is 4.79 Å². The number of nitrogens with one attached hydrogen (secondary N) is 1. The van der Waals surface area contributed by atoms with Crippen LogP contribution in [0.25, 0.3) is 0 Å². The molecule has 1 amide bonds. The van der Waals surface area contributed by atoms with Crippen LogP contribution in [0.15, 0.2) is 18.2 Å². The van der Waals surface area contributed by atoms with Gasteiger partial charge in [0.2, 0.25) is 5.91 Å². The molecule has 0 aliphatic carbocycles. The van der Waals surface area contributed by atoms with Crippen molar-refractivity contribution in [2.75, 3.05) is 32.2 Å². The summed E-state index contributed by atoms with van der Waals surface area (Å²) in [5.74, 6) is 6.03. The minimum absolute atomic E-state index is 0.0235. The van der Waals surface area contributed by atoms with Gasteiger partial charge in [0.25, 0.3) is 0 Å². The molecule has 20 heavy (non-hydrogen) atoms. The lowest BCUT2D eigenvalue weighted by molar-refractivity contribution is -0.120. The van der Waals surface area contributed by atoms with Crippen molar-refractivity contribution in [1.82, 2.24) is 0 Å². The molecule has 1 rings (SSSR count). The topological polar surface area (TPSA) is 73.6 Å². The predicted octanol–water partition coefficient (Wildman–Crippen LogP) is 1.37. The van der Waals surface area contributed by atoms with E-state index in [2.05, 4.69) is 17.2 Å². The third kappa shape index (κ3) is 5.31.